The van der Waals surface area contributed by atoms with Crippen LogP contribution in [0.5, 0.6) is 0 Å². The van der Waals surface area contributed by atoms with Gasteiger partial charge in [-0.25, -0.2) is 4.79 Å². The van der Waals surface area contributed by atoms with Crippen molar-refractivity contribution in [2.75, 3.05) is 0 Å². The molecule has 0 amide bonds. The van der Waals surface area contributed by atoms with Gasteiger partial charge >= 0.3 is 6.16 Å². The maximum atomic E-state index is 10.2. The lowest BCUT2D eigenvalue weighted by Gasteiger charge is -2.58. The normalized spacial score (nSPS) is 40.5. The molecule has 3 saturated carbocycles. The molecule has 0 radical (unpaired) electrons. The van der Waals surface area contributed by atoms with E-state index < -0.39 is 6.16 Å². The molecule has 0 saturated heterocycles. The van der Waals surface area contributed by atoms with Crippen LogP contribution in [0.4, 0.5) is 4.79 Å². The molecular formula is C28H49NO4. The number of aliphatic hydroxyl groups is 1. The summed E-state index contributed by atoms with van der Waals surface area (Å²) in [6.07, 6.45) is 15.7. The molecule has 0 aliphatic heterocycles. The second-order valence-electron chi connectivity index (χ2n) is 12.6. The minimum atomic E-state index is -1.47. The van der Waals surface area contributed by atoms with Gasteiger partial charge in [0.2, 0.25) is 0 Å². The second kappa shape index (κ2) is 10.7. The topological polar surface area (TPSA) is 92.8 Å². The predicted octanol–water partition coefficient (Wildman–Crippen LogP) is 6.94. The second-order valence-corrected chi connectivity index (χ2v) is 12.6. The number of fused-ring (bicyclic) bond motifs is 5. The summed E-state index contributed by atoms with van der Waals surface area (Å²) in [7, 11) is 0. The van der Waals surface area contributed by atoms with E-state index in [0.29, 0.717) is 10.8 Å². The molecule has 0 aromatic heterocycles. The van der Waals surface area contributed by atoms with E-state index in [1.165, 1.54) is 57.8 Å². The number of carboxylic acid groups (broad SMARTS) is 1. The standard InChI is InChI=1S/C27H46O.CH3NO3/c1-18(2)7-6-8-19(3)23-11-12-24-22-10-9-20-17-21(28)13-15-26(20,4)25(22)14-16-27(23,24)5;2-5-1(3)4/h9,18-19,21-25,28H,6-8,10-17H2,1-5H3;2H2,(H,3,4)/t19?,21-,22-,23+,24-,25-,26-,27+;/m0./s1. The Balaban J connectivity index is 0.000000555. The molecular weight excluding hydrogens is 414 g/mol. The first kappa shape index (κ1) is 26.5. The van der Waals surface area contributed by atoms with E-state index in [0.717, 1.165) is 48.3 Å². The molecule has 4 aliphatic rings. The summed E-state index contributed by atoms with van der Waals surface area (Å²) in [6, 6.07) is 0. The maximum absolute atomic E-state index is 10.2. The van der Waals surface area contributed by atoms with E-state index in [-0.39, 0.29) is 6.10 Å². The highest BCUT2D eigenvalue weighted by atomic mass is 16.7. The Kier molecular flexibility index (Phi) is 8.59. The molecule has 0 aromatic carbocycles. The summed E-state index contributed by atoms with van der Waals surface area (Å²) in [5.74, 6) is 9.53. The van der Waals surface area contributed by atoms with Gasteiger partial charge in [-0.3, -0.25) is 0 Å². The monoisotopic (exact) mass is 463 g/mol. The largest absolute Gasteiger partial charge is 0.524 e. The number of hydrogen-bond acceptors (Lipinski definition) is 4. The molecule has 3 fully saturated rings. The molecule has 5 heteroatoms. The van der Waals surface area contributed by atoms with Gasteiger partial charge in [0, 0.05) is 0 Å². The van der Waals surface area contributed by atoms with Gasteiger partial charge in [-0.1, -0.05) is 65.5 Å². The van der Waals surface area contributed by atoms with Gasteiger partial charge in [-0.2, -0.15) is 5.90 Å². The quantitative estimate of drug-likeness (QED) is 0.303. The summed E-state index contributed by atoms with van der Waals surface area (Å²) < 4.78 is 0. The Morgan fingerprint density at radius 1 is 1.12 bits per heavy atom. The van der Waals surface area contributed by atoms with Crippen molar-refractivity contribution in [3.63, 3.8) is 0 Å². The van der Waals surface area contributed by atoms with E-state index in [9.17, 15) is 5.11 Å². The van der Waals surface area contributed by atoms with Crippen LogP contribution in [-0.2, 0) is 4.84 Å². The summed E-state index contributed by atoms with van der Waals surface area (Å²) in [4.78, 5) is 12.2. The molecule has 0 bridgehead atoms. The Hall–Kier alpha value is -1.07. The van der Waals surface area contributed by atoms with Crippen LogP contribution >= 0.6 is 0 Å². The Morgan fingerprint density at radius 3 is 2.45 bits per heavy atom. The lowest BCUT2D eigenvalue weighted by atomic mass is 9.47. The van der Waals surface area contributed by atoms with E-state index in [4.69, 9.17) is 9.90 Å². The van der Waals surface area contributed by atoms with Crippen molar-refractivity contribution < 1.29 is 19.8 Å². The fourth-order valence-electron chi connectivity index (χ4n) is 8.67. The van der Waals surface area contributed by atoms with Crippen LogP contribution in [0.15, 0.2) is 11.6 Å². The van der Waals surface area contributed by atoms with Crippen molar-refractivity contribution in [1.29, 1.82) is 0 Å². The van der Waals surface area contributed by atoms with Gasteiger partial charge in [-0.15, -0.1) is 0 Å². The van der Waals surface area contributed by atoms with Crippen LogP contribution < -0.4 is 5.90 Å². The van der Waals surface area contributed by atoms with Gasteiger partial charge in [0.25, 0.3) is 0 Å². The molecule has 8 atom stereocenters. The average Bonchev–Trinajstić information content (AvgIpc) is 3.11. The molecule has 190 valence electrons. The van der Waals surface area contributed by atoms with Crippen LogP contribution in [0.3, 0.4) is 0 Å². The average molecular weight is 464 g/mol. The summed E-state index contributed by atoms with van der Waals surface area (Å²) >= 11 is 0. The number of rotatable bonds is 5. The fourth-order valence-corrected chi connectivity index (χ4v) is 8.67. The molecule has 33 heavy (non-hydrogen) atoms. The molecule has 4 rings (SSSR count). The summed E-state index contributed by atoms with van der Waals surface area (Å²) in [6.45, 7) is 12.6. The minimum Gasteiger partial charge on any atom is -0.448 e. The highest BCUT2D eigenvalue weighted by Crippen LogP contribution is 2.67. The van der Waals surface area contributed by atoms with Gasteiger partial charge in [0.05, 0.1) is 6.10 Å². The Morgan fingerprint density at radius 2 is 1.82 bits per heavy atom. The van der Waals surface area contributed by atoms with Crippen LogP contribution in [0.1, 0.15) is 105 Å². The first-order chi connectivity index (χ1) is 15.5. The van der Waals surface area contributed by atoms with E-state index >= 15 is 0 Å². The Bertz CT molecular complexity index is 706. The van der Waals surface area contributed by atoms with Crippen molar-refractivity contribution in [1.82, 2.24) is 0 Å². The predicted molar refractivity (Wildman–Crippen MR) is 132 cm³/mol. The van der Waals surface area contributed by atoms with Crippen molar-refractivity contribution in [3.8, 4) is 0 Å². The van der Waals surface area contributed by atoms with Crippen LogP contribution in [-0.4, -0.2) is 22.5 Å². The molecule has 4 N–H and O–H groups in total. The third-order valence-corrected chi connectivity index (χ3v) is 10.4. The fraction of sp³-hybridized carbons (Fsp3) is 0.893. The smallest absolute Gasteiger partial charge is 0.448 e. The van der Waals surface area contributed by atoms with E-state index in [1.54, 1.807) is 5.57 Å². The zero-order chi connectivity index (χ0) is 24.4. The van der Waals surface area contributed by atoms with Crippen molar-refractivity contribution in [3.05, 3.63) is 11.6 Å². The van der Waals surface area contributed by atoms with Crippen LogP contribution in [0.25, 0.3) is 0 Å². The van der Waals surface area contributed by atoms with Crippen molar-refractivity contribution in [2.24, 2.45) is 52.2 Å². The number of allylic oxidation sites excluding steroid dienone is 1. The molecule has 1 unspecified atom stereocenters. The Labute approximate surface area is 201 Å². The van der Waals surface area contributed by atoms with Gasteiger partial charge in [0.15, 0.2) is 0 Å². The zero-order valence-electron chi connectivity index (χ0n) is 21.7. The maximum Gasteiger partial charge on any atom is 0.524 e. The van der Waals surface area contributed by atoms with E-state index in [1.807, 2.05) is 0 Å². The number of carbonyl (C=O) groups is 1. The third kappa shape index (κ3) is 5.45. The third-order valence-electron chi connectivity index (χ3n) is 10.4. The molecule has 0 spiro atoms. The highest BCUT2D eigenvalue weighted by Gasteiger charge is 2.59. The molecule has 0 heterocycles. The first-order valence-electron chi connectivity index (χ1n) is 13.5. The van der Waals surface area contributed by atoms with Crippen molar-refractivity contribution in [2.45, 2.75) is 111 Å². The van der Waals surface area contributed by atoms with Gasteiger partial charge < -0.3 is 15.1 Å². The summed E-state index contributed by atoms with van der Waals surface area (Å²) in [5, 5.41) is 17.6. The lowest BCUT2D eigenvalue weighted by molar-refractivity contribution is -0.0573. The van der Waals surface area contributed by atoms with Gasteiger partial charge in [-0.05, 0) is 97.7 Å². The number of aliphatic hydroxyl groups excluding tert-OH is 1. The lowest BCUT2D eigenvalue weighted by Crippen LogP contribution is -2.50. The highest BCUT2D eigenvalue weighted by molar-refractivity contribution is 5.56. The summed E-state index contributed by atoms with van der Waals surface area (Å²) in [5.41, 5.74) is 2.60. The van der Waals surface area contributed by atoms with Gasteiger partial charge in [0.1, 0.15) is 0 Å². The number of hydrogen-bond donors (Lipinski definition) is 3. The molecule has 4 aliphatic carbocycles. The molecule has 5 nitrogen and oxygen atoms in total. The zero-order valence-corrected chi connectivity index (χ0v) is 21.7. The minimum absolute atomic E-state index is 0.0766. The molecule has 0 aromatic rings. The van der Waals surface area contributed by atoms with Crippen LogP contribution in [0, 0.1) is 46.3 Å². The van der Waals surface area contributed by atoms with Crippen molar-refractivity contribution >= 4 is 6.16 Å². The van der Waals surface area contributed by atoms with Crippen LogP contribution in [0.2, 0.25) is 0 Å². The first-order valence-corrected chi connectivity index (χ1v) is 13.5. The SMILES string of the molecule is CC(C)CCCC(C)[C@H]1CC[C@H]2[C@@H]3CC=C4C[C@@H](O)CC[C@]4(C)[C@H]3CC[C@]12C.NOC(=O)O. The van der Waals surface area contributed by atoms with E-state index in [2.05, 4.69) is 51.4 Å². The number of nitrogens with two attached hydrogens (primary N) is 1.